The molecule has 94 valence electrons. The second kappa shape index (κ2) is 4.38. The van der Waals surface area contributed by atoms with E-state index in [1.54, 1.807) is 13.8 Å². The van der Waals surface area contributed by atoms with Crippen LogP contribution in [-0.4, -0.2) is 14.3 Å². The van der Waals surface area contributed by atoms with Gasteiger partial charge in [0.05, 0.1) is 10.5 Å². The van der Waals surface area contributed by atoms with Crippen LogP contribution in [0.25, 0.3) is 5.65 Å². The third-order valence-electron chi connectivity index (χ3n) is 2.74. The standard InChI is InChI=1S/C11H10ClN3O3/c1-3-7-9(12)13-10-8(15(17)18)5-4-6(2)14(10)11(7)16/h4-5H,3H2,1-2H3. The van der Waals surface area contributed by atoms with Gasteiger partial charge in [-0.15, -0.1) is 0 Å². The molecule has 0 atom stereocenters. The minimum atomic E-state index is -0.580. The molecule has 2 rings (SSSR count). The molecule has 0 aliphatic carbocycles. The molecule has 0 radical (unpaired) electrons. The maximum atomic E-state index is 12.2. The molecule has 0 saturated heterocycles. The summed E-state index contributed by atoms with van der Waals surface area (Å²) in [6, 6.07) is 2.83. The zero-order valence-corrected chi connectivity index (χ0v) is 10.6. The predicted molar refractivity (Wildman–Crippen MR) is 67.2 cm³/mol. The Balaban J connectivity index is 3.04. The van der Waals surface area contributed by atoms with Gasteiger partial charge in [-0.05, 0) is 19.4 Å². The Bertz CT molecular complexity index is 709. The number of aryl methyl sites for hydroxylation is 1. The maximum Gasteiger partial charge on any atom is 0.312 e. The van der Waals surface area contributed by atoms with Crippen molar-refractivity contribution in [2.24, 2.45) is 0 Å². The Morgan fingerprint density at radius 3 is 2.72 bits per heavy atom. The number of halogens is 1. The summed E-state index contributed by atoms with van der Waals surface area (Å²) in [6.45, 7) is 3.47. The molecule has 6 nitrogen and oxygen atoms in total. The van der Waals surface area contributed by atoms with E-state index >= 15 is 0 Å². The van der Waals surface area contributed by atoms with Gasteiger partial charge < -0.3 is 0 Å². The number of aromatic nitrogens is 2. The summed E-state index contributed by atoms with van der Waals surface area (Å²) in [6.07, 6.45) is 0.426. The number of rotatable bonds is 2. The summed E-state index contributed by atoms with van der Waals surface area (Å²) in [7, 11) is 0. The first-order valence-corrected chi connectivity index (χ1v) is 5.70. The lowest BCUT2D eigenvalue weighted by Crippen LogP contribution is -2.22. The zero-order valence-electron chi connectivity index (χ0n) is 9.81. The molecular weight excluding hydrogens is 258 g/mol. The average molecular weight is 268 g/mol. The zero-order chi connectivity index (χ0) is 13.4. The van der Waals surface area contributed by atoms with Gasteiger partial charge in [-0.2, -0.15) is 0 Å². The normalized spacial score (nSPS) is 10.8. The summed E-state index contributed by atoms with van der Waals surface area (Å²) in [4.78, 5) is 26.5. The molecule has 0 aromatic carbocycles. The van der Waals surface area contributed by atoms with Crippen molar-refractivity contribution >= 4 is 22.9 Å². The molecule has 0 fully saturated rings. The summed E-state index contributed by atoms with van der Waals surface area (Å²) in [5.41, 5.74) is 0.334. The summed E-state index contributed by atoms with van der Waals surface area (Å²) < 4.78 is 1.23. The highest BCUT2D eigenvalue weighted by atomic mass is 35.5. The third kappa shape index (κ3) is 1.74. The van der Waals surface area contributed by atoms with Crippen LogP contribution in [0.2, 0.25) is 5.15 Å². The highest BCUT2D eigenvalue weighted by Crippen LogP contribution is 2.21. The van der Waals surface area contributed by atoms with Gasteiger partial charge in [0.2, 0.25) is 5.65 Å². The number of hydrogen-bond donors (Lipinski definition) is 0. The Morgan fingerprint density at radius 1 is 1.50 bits per heavy atom. The molecule has 0 unspecified atom stereocenters. The van der Waals surface area contributed by atoms with Crippen molar-refractivity contribution in [3.63, 3.8) is 0 Å². The lowest BCUT2D eigenvalue weighted by molar-refractivity contribution is -0.383. The van der Waals surface area contributed by atoms with Gasteiger partial charge in [0, 0.05) is 11.8 Å². The molecule has 2 aromatic heterocycles. The third-order valence-corrected chi connectivity index (χ3v) is 3.05. The van der Waals surface area contributed by atoms with Crippen LogP contribution in [0.5, 0.6) is 0 Å². The van der Waals surface area contributed by atoms with E-state index in [-0.39, 0.29) is 22.0 Å². The molecule has 0 spiro atoms. The van der Waals surface area contributed by atoms with Crippen LogP contribution >= 0.6 is 11.6 Å². The predicted octanol–water partition coefficient (Wildman–Crippen LogP) is 2.13. The van der Waals surface area contributed by atoms with Gasteiger partial charge in [0.15, 0.2) is 0 Å². The van der Waals surface area contributed by atoms with Gasteiger partial charge in [-0.1, -0.05) is 18.5 Å². The summed E-state index contributed by atoms with van der Waals surface area (Å²) in [5, 5.41) is 10.9. The number of nitro groups is 1. The van der Waals surface area contributed by atoms with Crippen molar-refractivity contribution < 1.29 is 4.92 Å². The van der Waals surface area contributed by atoms with E-state index < -0.39 is 4.92 Å². The minimum absolute atomic E-state index is 0.0211. The molecule has 2 aromatic rings. The molecule has 7 heteroatoms. The van der Waals surface area contributed by atoms with Gasteiger partial charge in [-0.25, -0.2) is 4.98 Å². The Morgan fingerprint density at radius 2 is 2.17 bits per heavy atom. The molecule has 0 bridgehead atoms. The number of hydrogen-bond acceptors (Lipinski definition) is 4. The van der Waals surface area contributed by atoms with E-state index in [4.69, 9.17) is 11.6 Å². The molecule has 0 aliphatic heterocycles. The van der Waals surface area contributed by atoms with Crippen molar-refractivity contribution in [3.8, 4) is 0 Å². The fourth-order valence-electron chi connectivity index (χ4n) is 1.82. The number of pyridine rings is 1. The van der Waals surface area contributed by atoms with E-state index in [0.29, 0.717) is 17.7 Å². The monoisotopic (exact) mass is 267 g/mol. The van der Waals surface area contributed by atoms with E-state index in [1.807, 2.05) is 0 Å². The topological polar surface area (TPSA) is 77.5 Å². The lowest BCUT2D eigenvalue weighted by atomic mass is 10.2. The summed E-state index contributed by atoms with van der Waals surface area (Å²) in [5.74, 6) is 0. The Kier molecular flexibility index (Phi) is 3.04. The van der Waals surface area contributed by atoms with Crippen molar-refractivity contribution in [1.82, 2.24) is 9.38 Å². The molecular formula is C11H10ClN3O3. The molecule has 0 aliphatic rings. The minimum Gasteiger partial charge on any atom is -0.269 e. The average Bonchev–Trinajstić information content (AvgIpc) is 2.28. The fourth-order valence-corrected chi connectivity index (χ4v) is 2.11. The van der Waals surface area contributed by atoms with Crippen LogP contribution in [0.15, 0.2) is 16.9 Å². The second-order valence-corrected chi connectivity index (χ2v) is 4.17. The van der Waals surface area contributed by atoms with Crippen molar-refractivity contribution in [3.05, 3.63) is 49.0 Å². The molecule has 0 saturated carbocycles. The molecule has 0 amide bonds. The van der Waals surface area contributed by atoms with Crippen molar-refractivity contribution in [1.29, 1.82) is 0 Å². The van der Waals surface area contributed by atoms with Gasteiger partial charge in [0.25, 0.3) is 5.56 Å². The van der Waals surface area contributed by atoms with E-state index in [1.165, 1.54) is 16.5 Å². The van der Waals surface area contributed by atoms with Gasteiger partial charge >= 0.3 is 5.69 Å². The molecule has 0 N–H and O–H groups in total. The first-order chi connectivity index (χ1) is 8.47. The SMILES string of the molecule is CCc1c(Cl)nc2c([N+](=O)[O-])ccc(C)n2c1=O. The second-order valence-electron chi connectivity index (χ2n) is 3.82. The van der Waals surface area contributed by atoms with Crippen LogP contribution in [0.3, 0.4) is 0 Å². The van der Waals surface area contributed by atoms with Crippen molar-refractivity contribution in [2.75, 3.05) is 0 Å². The Hall–Kier alpha value is -1.95. The van der Waals surface area contributed by atoms with Crippen molar-refractivity contribution in [2.45, 2.75) is 20.3 Å². The first-order valence-electron chi connectivity index (χ1n) is 5.32. The van der Waals surface area contributed by atoms with Gasteiger partial charge in [-0.3, -0.25) is 19.3 Å². The largest absolute Gasteiger partial charge is 0.312 e. The highest BCUT2D eigenvalue weighted by molar-refractivity contribution is 6.30. The highest BCUT2D eigenvalue weighted by Gasteiger charge is 2.19. The Labute approximate surface area is 107 Å². The van der Waals surface area contributed by atoms with Crippen LogP contribution in [-0.2, 0) is 6.42 Å². The van der Waals surface area contributed by atoms with Crippen LogP contribution < -0.4 is 5.56 Å². The smallest absolute Gasteiger partial charge is 0.269 e. The first kappa shape index (κ1) is 12.5. The number of nitrogens with zero attached hydrogens (tertiary/aromatic N) is 3. The van der Waals surface area contributed by atoms with Gasteiger partial charge in [0.1, 0.15) is 5.15 Å². The van der Waals surface area contributed by atoms with Crippen LogP contribution in [0.4, 0.5) is 5.69 Å². The van der Waals surface area contributed by atoms with E-state index in [0.717, 1.165) is 0 Å². The van der Waals surface area contributed by atoms with Crippen LogP contribution in [0, 0.1) is 17.0 Å². The fraction of sp³-hybridized carbons (Fsp3) is 0.273. The molecule has 18 heavy (non-hydrogen) atoms. The van der Waals surface area contributed by atoms with Crippen LogP contribution in [0.1, 0.15) is 18.2 Å². The van der Waals surface area contributed by atoms with E-state index in [9.17, 15) is 14.9 Å². The lowest BCUT2D eigenvalue weighted by Gasteiger charge is -2.07. The number of fused-ring (bicyclic) bond motifs is 1. The quantitative estimate of drug-likeness (QED) is 0.474. The molecule has 2 heterocycles. The summed E-state index contributed by atoms with van der Waals surface area (Å²) >= 11 is 5.89. The maximum absolute atomic E-state index is 12.2. The van der Waals surface area contributed by atoms with E-state index in [2.05, 4.69) is 4.98 Å².